The quantitative estimate of drug-likeness (QED) is 0.664. The number of nitriles is 1. The molecule has 0 saturated carbocycles. The van der Waals surface area contributed by atoms with Crippen LogP contribution in [0.25, 0.3) is 11.7 Å². The van der Waals surface area contributed by atoms with Crippen LogP contribution in [0, 0.1) is 11.3 Å². The number of piperazine rings is 1. The molecule has 1 aliphatic heterocycles. The van der Waals surface area contributed by atoms with Crippen molar-refractivity contribution in [2.24, 2.45) is 0 Å². The molecule has 0 atom stereocenters. The maximum absolute atomic E-state index is 12.4. The van der Waals surface area contributed by atoms with Crippen molar-refractivity contribution in [1.82, 2.24) is 9.88 Å². The first-order chi connectivity index (χ1) is 14.7. The number of nitrogens with zero attached hydrogens (tertiary/aromatic N) is 4. The first-order valence-electron chi connectivity index (χ1n) is 9.52. The molecule has 1 amide bonds. The van der Waals surface area contributed by atoms with Gasteiger partial charge in [0.05, 0.1) is 19.9 Å². The molecule has 2 aromatic heterocycles. The zero-order chi connectivity index (χ0) is 20.9. The standard InChI is InChI=1S/C21H21N5O4/c1-28-16-5-2-4-15(12-16)23-19(27)14-25-7-9-26(10-8-25)21-17(13-22)24-20(30-21)18-6-3-11-29-18/h2-6,11-12H,7-10,14H2,1H3,(H,23,27). The van der Waals surface area contributed by atoms with E-state index in [2.05, 4.69) is 21.3 Å². The molecule has 9 heteroatoms. The van der Waals surface area contributed by atoms with Crippen LogP contribution < -0.4 is 15.0 Å². The maximum atomic E-state index is 12.4. The van der Waals surface area contributed by atoms with Crippen LogP contribution in [0.4, 0.5) is 11.6 Å². The number of aromatic nitrogens is 1. The number of furan rings is 1. The van der Waals surface area contributed by atoms with Crippen molar-refractivity contribution < 1.29 is 18.4 Å². The summed E-state index contributed by atoms with van der Waals surface area (Å²) in [6, 6.07) is 12.8. The maximum Gasteiger partial charge on any atom is 0.266 e. The molecule has 1 aliphatic rings. The van der Waals surface area contributed by atoms with Gasteiger partial charge in [0.15, 0.2) is 5.76 Å². The molecule has 0 unspecified atom stereocenters. The Morgan fingerprint density at radius 2 is 2.10 bits per heavy atom. The van der Waals surface area contributed by atoms with Gasteiger partial charge in [-0.15, -0.1) is 0 Å². The van der Waals surface area contributed by atoms with Crippen LogP contribution in [0.5, 0.6) is 5.75 Å². The molecular weight excluding hydrogens is 386 g/mol. The number of amides is 1. The average molecular weight is 407 g/mol. The molecule has 4 rings (SSSR count). The molecule has 1 saturated heterocycles. The van der Waals surface area contributed by atoms with Crippen LogP contribution in [-0.2, 0) is 4.79 Å². The Kier molecular flexibility index (Phi) is 5.68. The van der Waals surface area contributed by atoms with Crippen molar-refractivity contribution in [3.05, 3.63) is 48.4 Å². The average Bonchev–Trinajstić information content (AvgIpc) is 3.44. The van der Waals surface area contributed by atoms with E-state index >= 15 is 0 Å². The summed E-state index contributed by atoms with van der Waals surface area (Å²) in [5, 5.41) is 12.3. The number of nitrogens with one attached hydrogen (secondary N) is 1. The van der Waals surface area contributed by atoms with E-state index in [1.54, 1.807) is 25.3 Å². The third-order valence-corrected chi connectivity index (χ3v) is 4.83. The Labute approximate surface area is 173 Å². The van der Waals surface area contributed by atoms with Gasteiger partial charge in [-0.3, -0.25) is 9.69 Å². The van der Waals surface area contributed by atoms with Crippen molar-refractivity contribution in [1.29, 1.82) is 5.26 Å². The minimum Gasteiger partial charge on any atom is -0.497 e. The highest BCUT2D eigenvalue weighted by Gasteiger charge is 2.26. The second kappa shape index (κ2) is 8.71. The predicted octanol–water partition coefficient (Wildman–Crippen LogP) is 2.58. The fourth-order valence-electron chi connectivity index (χ4n) is 3.32. The lowest BCUT2D eigenvalue weighted by molar-refractivity contribution is -0.117. The van der Waals surface area contributed by atoms with E-state index in [0.29, 0.717) is 49.3 Å². The number of hydrogen-bond acceptors (Lipinski definition) is 8. The lowest BCUT2D eigenvalue weighted by atomic mass is 10.2. The molecule has 1 aromatic carbocycles. The largest absolute Gasteiger partial charge is 0.497 e. The second-order valence-corrected chi connectivity index (χ2v) is 6.81. The van der Waals surface area contributed by atoms with Crippen LogP contribution in [0.15, 0.2) is 51.5 Å². The van der Waals surface area contributed by atoms with Gasteiger partial charge in [0.25, 0.3) is 5.89 Å². The molecule has 3 aromatic rings. The van der Waals surface area contributed by atoms with Crippen molar-refractivity contribution in [3.63, 3.8) is 0 Å². The predicted molar refractivity (Wildman–Crippen MR) is 109 cm³/mol. The number of methoxy groups -OCH3 is 1. The van der Waals surface area contributed by atoms with Crippen molar-refractivity contribution in [2.75, 3.05) is 50.1 Å². The molecule has 1 N–H and O–H groups in total. The van der Waals surface area contributed by atoms with Gasteiger partial charge in [-0.1, -0.05) is 6.07 Å². The van der Waals surface area contributed by atoms with E-state index in [-0.39, 0.29) is 24.0 Å². The summed E-state index contributed by atoms with van der Waals surface area (Å²) < 4.78 is 16.3. The summed E-state index contributed by atoms with van der Waals surface area (Å²) in [4.78, 5) is 20.6. The molecule has 154 valence electrons. The van der Waals surface area contributed by atoms with Crippen LogP contribution in [0.2, 0.25) is 0 Å². The third-order valence-electron chi connectivity index (χ3n) is 4.83. The molecule has 3 heterocycles. The second-order valence-electron chi connectivity index (χ2n) is 6.81. The Balaban J connectivity index is 1.34. The van der Waals surface area contributed by atoms with Gasteiger partial charge in [-0.2, -0.15) is 10.2 Å². The summed E-state index contributed by atoms with van der Waals surface area (Å²) in [6.07, 6.45) is 1.53. The topological polar surface area (TPSA) is 108 Å². The molecule has 0 bridgehead atoms. The van der Waals surface area contributed by atoms with E-state index in [1.807, 2.05) is 23.1 Å². The first kappa shape index (κ1) is 19.5. The Bertz CT molecular complexity index is 1050. The van der Waals surface area contributed by atoms with E-state index in [9.17, 15) is 10.1 Å². The molecule has 0 aliphatic carbocycles. The number of anilines is 2. The summed E-state index contributed by atoms with van der Waals surface area (Å²) in [6.45, 7) is 2.84. The summed E-state index contributed by atoms with van der Waals surface area (Å²) >= 11 is 0. The van der Waals surface area contributed by atoms with Crippen LogP contribution >= 0.6 is 0 Å². The minimum atomic E-state index is -0.0887. The zero-order valence-electron chi connectivity index (χ0n) is 16.5. The molecule has 0 spiro atoms. The smallest absolute Gasteiger partial charge is 0.266 e. The fraction of sp³-hybridized carbons (Fsp3) is 0.286. The van der Waals surface area contributed by atoms with E-state index in [0.717, 1.165) is 0 Å². The lowest BCUT2D eigenvalue weighted by Gasteiger charge is -2.34. The van der Waals surface area contributed by atoms with Gasteiger partial charge in [-0.25, -0.2) is 0 Å². The molecule has 9 nitrogen and oxygen atoms in total. The number of ether oxygens (including phenoxy) is 1. The SMILES string of the molecule is COc1cccc(NC(=O)CN2CCN(c3oc(-c4ccco4)nc3C#N)CC2)c1. The first-order valence-corrected chi connectivity index (χ1v) is 9.52. The zero-order valence-corrected chi connectivity index (χ0v) is 16.5. The highest BCUT2D eigenvalue weighted by Crippen LogP contribution is 2.29. The summed E-state index contributed by atoms with van der Waals surface area (Å²) in [5.74, 6) is 1.80. The Hall–Kier alpha value is -3.77. The highest BCUT2D eigenvalue weighted by atomic mass is 16.5. The van der Waals surface area contributed by atoms with E-state index in [4.69, 9.17) is 13.6 Å². The van der Waals surface area contributed by atoms with E-state index in [1.165, 1.54) is 6.26 Å². The van der Waals surface area contributed by atoms with Gasteiger partial charge in [0.2, 0.25) is 17.5 Å². The molecule has 0 radical (unpaired) electrons. The molecule has 30 heavy (non-hydrogen) atoms. The third kappa shape index (κ3) is 4.29. The van der Waals surface area contributed by atoms with Gasteiger partial charge < -0.3 is 23.8 Å². The number of benzene rings is 1. The normalized spacial score (nSPS) is 14.3. The Morgan fingerprint density at radius 3 is 2.80 bits per heavy atom. The minimum absolute atomic E-state index is 0.0887. The van der Waals surface area contributed by atoms with Crippen molar-refractivity contribution in [2.45, 2.75) is 0 Å². The van der Waals surface area contributed by atoms with Gasteiger partial charge in [0.1, 0.15) is 11.8 Å². The summed E-state index contributed by atoms with van der Waals surface area (Å²) in [7, 11) is 1.59. The van der Waals surface area contributed by atoms with Crippen molar-refractivity contribution in [3.8, 4) is 23.5 Å². The van der Waals surface area contributed by atoms with E-state index < -0.39 is 0 Å². The highest BCUT2D eigenvalue weighted by molar-refractivity contribution is 5.92. The molecule has 1 fully saturated rings. The number of rotatable bonds is 6. The van der Waals surface area contributed by atoms with Crippen molar-refractivity contribution >= 4 is 17.5 Å². The lowest BCUT2D eigenvalue weighted by Crippen LogP contribution is -2.48. The van der Waals surface area contributed by atoms with Crippen LogP contribution in [0.1, 0.15) is 5.69 Å². The number of carbonyl (C=O) groups is 1. The monoisotopic (exact) mass is 407 g/mol. The number of oxazole rings is 1. The Morgan fingerprint density at radius 1 is 1.27 bits per heavy atom. The van der Waals surface area contributed by atoms with Gasteiger partial charge in [-0.05, 0) is 24.3 Å². The molecular formula is C21H21N5O4. The van der Waals surface area contributed by atoms with Crippen LogP contribution in [-0.4, -0.2) is 55.6 Å². The van der Waals surface area contributed by atoms with Crippen LogP contribution in [0.3, 0.4) is 0 Å². The summed E-state index contributed by atoms with van der Waals surface area (Å²) in [5.41, 5.74) is 0.925. The van der Waals surface area contributed by atoms with Gasteiger partial charge >= 0.3 is 0 Å². The number of carbonyl (C=O) groups excluding carboxylic acids is 1. The number of hydrogen-bond donors (Lipinski definition) is 1. The van der Waals surface area contributed by atoms with Gasteiger partial charge in [0, 0.05) is 37.9 Å². The fourth-order valence-corrected chi connectivity index (χ4v) is 3.32.